The molecule has 34 heavy (non-hydrogen) atoms. The first-order valence-electron chi connectivity index (χ1n) is 10.4. The van der Waals surface area contributed by atoms with E-state index in [9.17, 15) is 8.60 Å². The average molecular weight is 479 g/mol. The third-order valence-corrected chi connectivity index (χ3v) is 5.81. The fourth-order valence-corrected chi connectivity index (χ4v) is 4.16. The molecule has 3 aromatic heterocycles. The zero-order valence-electron chi connectivity index (χ0n) is 18.0. The lowest BCUT2D eigenvalue weighted by atomic mass is 9.76. The van der Waals surface area contributed by atoms with Crippen LogP contribution < -0.4 is 16.2 Å². The van der Waals surface area contributed by atoms with Gasteiger partial charge in [-0.15, -0.1) is 0 Å². The predicted molar refractivity (Wildman–Crippen MR) is 129 cm³/mol. The van der Waals surface area contributed by atoms with Crippen LogP contribution >= 0.6 is 0 Å². The molecule has 2 atom stereocenters. The van der Waals surface area contributed by atoms with Crippen LogP contribution in [0, 0.1) is 5.82 Å². The second kappa shape index (κ2) is 10.5. The lowest BCUT2D eigenvalue weighted by Gasteiger charge is -2.28. The zero-order valence-corrected chi connectivity index (χ0v) is 18.8. The summed E-state index contributed by atoms with van der Waals surface area (Å²) in [4.78, 5) is 13.3. The number of nitrogens with one attached hydrogen (secondary N) is 1. The number of nitrogens with two attached hydrogens (primary N) is 2. The van der Waals surface area contributed by atoms with Crippen molar-refractivity contribution in [2.75, 3.05) is 11.5 Å². The average Bonchev–Trinajstić information content (AvgIpc) is 2.84. The lowest BCUT2D eigenvalue weighted by Crippen LogP contribution is -2.19. The van der Waals surface area contributed by atoms with E-state index in [4.69, 9.17) is 21.0 Å². The van der Waals surface area contributed by atoms with Crippen molar-refractivity contribution in [2.24, 2.45) is 0 Å². The second-order valence-electron chi connectivity index (χ2n) is 7.66. The van der Waals surface area contributed by atoms with Crippen molar-refractivity contribution >= 4 is 22.9 Å². The Bertz CT molecular complexity index is 1220. The molecular formula is C24H23FN6O2S. The molecule has 2 unspecified atom stereocenters. The van der Waals surface area contributed by atoms with Gasteiger partial charge in [-0.2, -0.15) is 0 Å². The fourth-order valence-electron chi connectivity index (χ4n) is 3.89. The van der Waals surface area contributed by atoms with Gasteiger partial charge >= 0.3 is 0 Å². The molecule has 0 spiro atoms. The van der Waals surface area contributed by atoms with Gasteiger partial charge in [-0.05, 0) is 53.1 Å². The summed E-state index contributed by atoms with van der Waals surface area (Å²) in [6.07, 6.45) is 3.40. The van der Waals surface area contributed by atoms with Crippen molar-refractivity contribution < 1.29 is 13.2 Å². The van der Waals surface area contributed by atoms with Gasteiger partial charge in [0.1, 0.15) is 17.5 Å². The quantitative estimate of drug-likeness (QED) is 0.285. The summed E-state index contributed by atoms with van der Waals surface area (Å²) in [5, 5.41) is 0. The molecule has 174 valence electrons. The SMILES string of the molecule is Nc1ccc(C(c2ccc(N)nc2)C(c2ccc(F)cc2)c2cccc(CNS(=O)O)n2)cn1. The molecule has 0 amide bonds. The van der Waals surface area contributed by atoms with Gasteiger partial charge in [-0.3, -0.25) is 9.54 Å². The van der Waals surface area contributed by atoms with Crippen LogP contribution in [0.5, 0.6) is 0 Å². The third kappa shape index (κ3) is 5.60. The number of anilines is 2. The van der Waals surface area contributed by atoms with Gasteiger partial charge in [0.05, 0.1) is 12.2 Å². The van der Waals surface area contributed by atoms with Gasteiger partial charge < -0.3 is 11.5 Å². The van der Waals surface area contributed by atoms with Crippen LogP contribution in [0.2, 0.25) is 0 Å². The van der Waals surface area contributed by atoms with Crippen molar-refractivity contribution in [3.63, 3.8) is 0 Å². The summed E-state index contributed by atoms with van der Waals surface area (Å²) in [6, 6.07) is 18.9. The Balaban J connectivity index is 1.89. The molecule has 8 nitrogen and oxygen atoms in total. The molecule has 0 aliphatic heterocycles. The zero-order chi connectivity index (χ0) is 24.1. The highest BCUT2D eigenvalue weighted by Crippen LogP contribution is 2.42. The molecule has 3 heterocycles. The van der Waals surface area contributed by atoms with Gasteiger partial charge in [0.2, 0.25) is 11.3 Å². The number of rotatable bonds is 8. The van der Waals surface area contributed by atoms with E-state index in [0.29, 0.717) is 23.0 Å². The number of pyridine rings is 3. The summed E-state index contributed by atoms with van der Waals surface area (Å²) in [5.41, 5.74) is 15.5. The number of aromatic nitrogens is 3. The maximum Gasteiger partial charge on any atom is 0.232 e. The van der Waals surface area contributed by atoms with Crippen molar-refractivity contribution in [1.82, 2.24) is 19.7 Å². The Labute approximate surface area is 198 Å². The number of nitrogens with zero attached hydrogens (tertiary/aromatic N) is 3. The van der Waals surface area contributed by atoms with E-state index in [1.807, 2.05) is 24.3 Å². The molecule has 0 aliphatic rings. The molecule has 0 saturated carbocycles. The van der Waals surface area contributed by atoms with E-state index in [1.165, 1.54) is 12.1 Å². The highest BCUT2D eigenvalue weighted by atomic mass is 32.2. The molecule has 4 aromatic rings. The van der Waals surface area contributed by atoms with E-state index < -0.39 is 11.3 Å². The van der Waals surface area contributed by atoms with Crippen LogP contribution in [-0.4, -0.2) is 23.7 Å². The summed E-state index contributed by atoms with van der Waals surface area (Å²) in [5.74, 6) is -0.247. The largest absolute Gasteiger partial charge is 0.384 e. The highest BCUT2D eigenvalue weighted by Gasteiger charge is 2.30. The number of hydrogen-bond acceptors (Lipinski definition) is 6. The number of hydrogen-bond donors (Lipinski definition) is 4. The van der Waals surface area contributed by atoms with Gasteiger partial charge in [-0.25, -0.2) is 23.3 Å². The van der Waals surface area contributed by atoms with Crippen LogP contribution in [0.4, 0.5) is 16.0 Å². The molecular weight excluding hydrogens is 455 g/mol. The van der Waals surface area contributed by atoms with E-state index >= 15 is 0 Å². The third-order valence-electron chi connectivity index (χ3n) is 5.42. The van der Waals surface area contributed by atoms with E-state index in [0.717, 1.165) is 16.7 Å². The van der Waals surface area contributed by atoms with Gasteiger partial charge in [0.25, 0.3) is 0 Å². The molecule has 6 N–H and O–H groups in total. The minimum absolute atomic E-state index is 0.102. The second-order valence-corrected chi connectivity index (χ2v) is 8.45. The predicted octanol–water partition coefficient (Wildman–Crippen LogP) is 3.37. The van der Waals surface area contributed by atoms with Crippen molar-refractivity contribution in [3.8, 4) is 0 Å². The molecule has 10 heteroatoms. The minimum Gasteiger partial charge on any atom is -0.384 e. The Morgan fingerprint density at radius 2 is 1.44 bits per heavy atom. The molecule has 1 aromatic carbocycles. The van der Waals surface area contributed by atoms with Gasteiger partial charge in [-0.1, -0.05) is 30.3 Å². The van der Waals surface area contributed by atoms with Crippen LogP contribution in [0.1, 0.15) is 39.9 Å². The molecule has 0 saturated heterocycles. The fraction of sp³-hybridized carbons (Fsp3) is 0.125. The summed E-state index contributed by atoms with van der Waals surface area (Å²) in [7, 11) is 0. The van der Waals surface area contributed by atoms with Gasteiger partial charge in [0.15, 0.2) is 0 Å². The Hall–Kier alpha value is -3.73. The molecule has 0 aliphatic carbocycles. The van der Waals surface area contributed by atoms with Crippen LogP contribution in [0.3, 0.4) is 0 Å². The molecule has 4 rings (SSSR count). The van der Waals surface area contributed by atoms with Crippen molar-refractivity contribution in [1.29, 1.82) is 0 Å². The van der Waals surface area contributed by atoms with E-state index in [2.05, 4.69) is 14.7 Å². The number of nitrogen functional groups attached to an aromatic ring is 2. The maximum atomic E-state index is 13.8. The van der Waals surface area contributed by atoms with E-state index in [1.54, 1.807) is 42.7 Å². The minimum atomic E-state index is -2.17. The summed E-state index contributed by atoms with van der Waals surface area (Å²) in [6.45, 7) is 0.102. The molecule has 0 radical (unpaired) electrons. The Morgan fingerprint density at radius 1 is 0.853 bits per heavy atom. The van der Waals surface area contributed by atoms with Gasteiger partial charge in [0, 0.05) is 29.9 Å². The lowest BCUT2D eigenvalue weighted by molar-refractivity contribution is 0.547. The molecule has 0 bridgehead atoms. The van der Waals surface area contributed by atoms with Crippen LogP contribution in [0.15, 0.2) is 79.1 Å². The number of benzene rings is 1. The first kappa shape index (κ1) is 23.4. The van der Waals surface area contributed by atoms with Crippen molar-refractivity contribution in [3.05, 3.63) is 113 Å². The Morgan fingerprint density at radius 3 is 1.97 bits per heavy atom. The number of halogens is 1. The summed E-state index contributed by atoms with van der Waals surface area (Å²) < 4.78 is 36.4. The smallest absolute Gasteiger partial charge is 0.232 e. The topological polar surface area (TPSA) is 140 Å². The Kier molecular flexibility index (Phi) is 7.21. The maximum absolute atomic E-state index is 13.8. The highest BCUT2D eigenvalue weighted by molar-refractivity contribution is 7.77. The van der Waals surface area contributed by atoms with Crippen LogP contribution in [0.25, 0.3) is 0 Å². The summed E-state index contributed by atoms with van der Waals surface area (Å²) >= 11 is -2.17. The van der Waals surface area contributed by atoms with Crippen LogP contribution in [-0.2, 0) is 17.8 Å². The standard InChI is InChI=1S/C24H23FN6O2S/c25-18-8-4-15(5-9-18)24(20-3-1-2-19(31-20)14-30-34(32)33)23(16-6-10-21(26)28-12-16)17-7-11-22(27)29-13-17/h1-13,23-24,30H,14H2,(H2,26,28)(H2,27,29)(H,32,33). The normalized spacial score (nSPS) is 13.0. The van der Waals surface area contributed by atoms with Crippen molar-refractivity contribution in [2.45, 2.75) is 18.4 Å². The van der Waals surface area contributed by atoms with E-state index in [-0.39, 0.29) is 24.2 Å². The monoisotopic (exact) mass is 478 g/mol. The first-order valence-corrected chi connectivity index (χ1v) is 11.5. The first-order chi connectivity index (χ1) is 16.4. The molecule has 0 fully saturated rings.